The molecule has 0 saturated heterocycles. The fourth-order valence-corrected chi connectivity index (χ4v) is 3.68. The van der Waals surface area contributed by atoms with Crippen molar-refractivity contribution in [3.63, 3.8) is 0 Å². The number of nitrogens with one attached hydrogen (secondary N) is 5. The van der Waals surface area contributed by atoms with Crippen LogP contribution in [0.5, 0.6) is 0 Å². The number of hydrogen-bond acceptors (Lipinski definition) is 9. The number of esters is 1. The van der Waals surface area contributed by atoms with Crippen LogP contribution in [0.15, 0.2) is 48.7 Å². The molecule has 14 nitrogen and oxygen atoms in total. The Morgan fingerprint density at radius 2 is 1.50 bits per heavy atom. The van der Waals surface area contributed by atoms with Crippen molar-refractivity contribution in [2.75, 3.05) is 13.7 Å². The van der Waals surface area contributed by atoms with Crippen LogP contribution in [0.4, 0.5) is 0 Å². The van der Waals surface area contributed by atoms with Gasteiger partial charge in [0.1, 0.15) is 17.8 Å². The van der Waals surface area contributed by atoms with Crippen LogP contribution in [0.1, 0.15) is 42.4 Å². The highest BCUT2D eigenvalue weighted by Crippen LogP contribution is 2.17. The molecule has 0 fully saturated rings. The van der Waals surface area contributed by atoms with Crippen molar-refractivity contribution < 1.29 is 44.0 Å². The quantitative estimate of drug-likeness (QED) is 0.123. The van der Waals surface area contributed by atoms with Crippen molar-refractivity contribution in [1.29, 1.82) is 0 Å². The van der Waals surface area contributed by atoms with E-state index in [-0.39, 0.29) is 12.1 Å². The molecule has 0 spiro atoms. The Hall–Kier alpha value is -4.27. The lowest BCUT2D eigenvalue weighted by molar-refractivity contribution is -0.148. The summed E-state index contributed by atoms with van der Waals surface area (Å²) in [4.78, 5) is 65.6. The molecule has 14 heteroatoms. The minimum Gasteiger partial charge on any atom is -0.467 e. The molecule has 2 aromatic rings. The van der Waals surface area contributed by atoms with Gasteiger partial charge in [0.05, 0.1) is 38.4 Å². The summed E-state index contributed by atoms with van der Waals surface area (Å²) < 4.78 is 4.60. The highest BCUT2D eigenvalue weighted by Gasteiger charge is 2.32. The molecule has 8 N–H and O–H groups in total. The van der Waals surface area contributed by atoms with Crippen molar-refractivity contribution in [3.8, 4) is 0 Å². The maximum Gasteiger partial charge on any atom is 0.331 e. The zero-order valence-corrected chi connectivity index (χ0v) is 22.3. The number of benzene rings is 1. The molecule has 1 aromatic heterocycles. The Bertz CT molecular complexity index is 1140. The molecule has 218 valence electrons. The molecule has 4 amide bonds. The van der Waals surface area contributed by atoms with Gasteiger partial charge in [-0.1, -0.05) is 30.3 Å². The minimum atomic E-state index is -1.51. The molecular formula is C26H35N5O9. The van der Waals surface area contributed by atoms with Gasteiger partial charge in [-0.25, -0.2) is 4.79 Å². The normalized spacial score (nSPS) is 15.3. The van der Waals surface area contributed by atoms with Crippen LogP contribution in [0.3, 0.4) is 0 Å². The summed E-state index contributed by atoms with van der Waals surface area (Å²) >= 11 is 0. The lowest BCUT2D eigenvalue weighted by Gasteiger charge is -2.26. The number of hydrogen-bond donors (Lipinski definition) is 8. The van der Waals surface area contributed by atoms with E-state index in [1.54, 1.807) is 36.4 Å². The van der Waals surface area contributed by atoms with Crippen LogP contribution in [0.25, 0.3) is 0 Å². The smallest absolute Gasteiger partial charge is 0.331 e. The van der Waals surface area contributed by atoms with E-state index in [1.165, 1.54) is 26.1 Å². The minimum absolute atomic E-state index is 0.143. The van der Waals surface area contributed by atoms with E-state index >= 15 is 0 Å². The zero-order chi connectivity index (χ0) is 29.8. The first-order chi connectivity index (χ1) is 19.0. The van der Waals surface area contributed by atoms with Crippen LogP contribution in [-0.2, 0) is 23.9 Å². The summed E-state index contributed by atoms with van der Waals surface area (Å²) in [6, 6.07) is 6.10. The van der Waals surface area contributed by atoms with Crippen molar-refractivity contribution >= 4 is 29.6 Å². The van der Waals surface area contributed by atoms with E-state index in [1.807, 2.05) is 0 Å². The monoisotopic (exact) mass is 561 g/mol. The molecule has 0 aliphatic rings. The molecule has 1 heterocycles. The van der Waals surface area contributed by atoms with Crippen LogP contribution in [-0.4, -0.2) is 94.0 Å². The topological polar surface area (TPSA) is 219 Å². The number of aromatic amines is 1. The first kappa shape index (κ1) is 31.9. The second-order valence-corrected chi connectivity index (χ2v) is 9.00. The van der Waals surface area contributed by atoms with E-state index in [0.29, 0.717) is 5.56 Å². The van der Waals surface area contributed by atoms with E-state index in [4.69, 9.17) is 0 Å². The zero-order valence-electron chi connectivity index (χ0n) is 22.3. The number of rotatable bonds is 14. The maximum atomic E-state index is 13.1. The number of aliphatic hydroxyl groups excluding tert-OH is 3. The van der Waals surface area contributed by atoms with E-state index in [9.17, 15) is 39.3 Å². The second-order valence-electron chi connectivity index (χ2n) is 9.00. The summed E-state index contributed by atoms with van der Waals surface area (Å²) in [5.41, 5.74) is 0.643. The van der Waals surface area contributed by atoms with Crippen LogP contribution in [0.2, 0.25) is 0 Å². The number of aliphatic hydroxyl groups is 3. The van der Waals surface area contributed by atoms with E-state index in [2.05, 4.69) is 31.0 Å². The van der Waals surface area contributed by atoms with Gasteiger partial charge in [-0.05, 0) is 31.5 Å². The van der Waals surface area contributed by atoms with Gasteiger partial charge in [-0.2, -0.15) is 0 Å². The number of aromatic nitrogens is 1. The summed E-state index contributed by atoms with van der Waals surface area (Å²) in [6.07, 6.45) is -1.47. The number of ether oxygens (including phenoxy) is 1. The van der Waals surface area contributed by atoms with Gasteiger partial charge < -0.3 is 46.3 Å². The Labute approximate surface area is 230 Å². The standard InChI is InChI=1S/C26H35N5O9/c1-14(33)21(31-23(36)17-10-7-11-27-17)25(38)29-19(13-32)24(37)28-18(16-8-5-4-6-9-16)12-20(35)30-22(15(2)34)26(39)40-3/h4-11,14-15,18-19,21-22,27,32-34H,12-13H2,1-3H3,(H,28,37)(H,29,38)(H,30,35)(H,31,36)/t14?,15?,18-,19+,21+,22+/m1/s1. The molecule has 0 aliphatic carbocycles. The largest absolute Gasteiger partial charge is 0.467 e. The van der Waals surface area contributed by atoms with Crippen LogP contribution in [0, 0.1) is 0 Å². The fourth-order valence-electron chi connectivity index (χ4n) is 3.68. The molecule has 0 aliphatic heterocycles. The molecule has 2 unspecified atom stereocenters. The van der Waals surface area contributed by atoms with Gasteiger partial charge in [0, 0.05) is 6.20 Å². The van der Waals surface area contributed by atoms with E-state index in [0.717, 1.165) is 7.11 Å². The van der Waals surface area contributed by atoms with Crippen molar-refractivity contribution in [3.05, 3.63) is 59.9 Å². The number of amides is 4. The Morgan fingerprint density at radius 1 is 0.850 bits per heavy atom. The second kappa shape index (κ2) is 15.4. The van der Waals surface area contributed by atoms with Gasteiger partial charge in [0.25, 0.3) is 5.91 Å². The molecular weight excluding hydrogens is 526 g/mol. The number of carbonyl (C=O) groups excluding carboxylic acids is 5. The molecule has 6 atom stereocenters. The summed E-state index contributed by atoms with van der Waals surface area (Å²) in [5, 5.41) is 39.4. The number of methoxy groups -OCH3 is 1. The Kier molecular flexibility index (Phi) is 12.3. The lowest BCUT2D eigenvalue weighted by Crippen LogP contribution is -2.58. The number of carbonyl (C=O) groups is 5. The highest BCUT2D eigenvalue weighted by atomic mass is 16.5. The van der Waals surface area contributed by atoms with Crippen LogP contribution < -0.4 is 21.3 Å². The van der Waals surface area contributed by atoms with Gasteiger partial charge in [-0.3, -0.25) is 19.2 Å². The molecule has 40 heavy (non-hydrogen) atoms. The third kappa shape index (κ3) is 9.18. The first-order valence-electron chi connectivity index (χ1n) is 12.4. The average Bonchev–Trinajstić information content (AvgIpc) is 3.47. The van der Waals surface area contributed by atoms with Gasteiger partial charge in [0.15, 0.2) is 6.04 Å². The van der Waals surface area contributed by atoms with Gasteiger partial charge in [-0.15, -0.1) is 0 Å². The SMILES string of the molecule is COC(=O)[C@@H](NC(=O)C[C@@H](NC(=O)[C@H](CO)NC(=O)[C@@H](NC(=O)c1ccc[nH]1)C(C)O)c1ccccc1)C(C)O. The fraction of sp³-hybridized carbons (Fsp3) is 0.423. The third-order valence-electron chi connectivity index (χ3n) is 5.87. The van der Waals surface area contributed by atoms with Gasteiger partial charge >= 0.3 is 5.97 Å². The molecule has 2 rings (SSSR count). The van der Waals surface area contributed by atoms with Crippen molar-refractivity contribution in [2.24, 2.45) is 0 Å². The predicted molar refractivity (Wildman–Crippen MR) is 140 cm³/mol. The molecule has 1 aromatic carbocycles. The molecule has 0 radical (unpaired) electrons. The molecule has 0 saturated carbocycles. The summed E-state index contributed by atoms with van der Waals surface area (Å²) in [7, 11) is 1.10. The molecule has 0 bridgehead atoms. The maximum absolute atomic E-state index is 13.1. The van der Waals surface area contributed by atoms with Crippen molar-refractivity contribution in [1.82, 2.24) is 26.3 Å². The summed E-state index contributed by atoms with van der Waals surface area (Å²) in [5.74, 6) is -4.03. The summed E-state index contributed by atoms with van der Waals surface area (Å²) in [6.45, 7) is 1.73. The van der Waals surface area contributed by atoms with Crippen LogP contribution >= 0.6 is 0 Å². The van der Waals surface area contributed by atoms with Crippen molar-refractivity contribution in [2.45, 2.75) is 56.6 Å². The third-order valence-corrected chi connectivity index (χ3v) is 5.87. The van der Waals surface area contributed by atoms with Gasteiger partial charge in [0.2, 0.25) is 17.7 Å². The average molecular weight is 562 g/mol. The Balaban J connectivity index is 2.15. The number of H-pyrrole nitrogens is 1. The highest BCUT2D eigenvalue weighted by molar-refractivity contribution is 5.97. The van der Waals surface area contributed by atoms with E-state index < -0.39 is 72.6 Å². The lowest BCUT2D eigenvalue weighted by atomic mass is 10.0. The predicted octanol–water partition coefficient (Wildman–Crippen LogP) is -1.74. The Morgan fingerprint density at radius 3 is 2.02 bits per heavy atom. The first-order valence-corrected chi connectivity index (χ1v) is 12.4.